The van der Waals surface area contributed by atoms with Gasteiger partial charge >= 0.3 is 12.1 Å². The number of esters is 1. The lowest BCUT2D eigenvalue weighted by molar-refractivity contribution is -0.140. The van der Waals surface area contributed by atoms with Crippen LogP contribution in [-0.2, 0) is 22.7 Å². The smallest absolute Gasteiger partial charge is 0.434 e. The molecule has 1 aliphatic heterocycles. The fraction of sp³-hybridized carbons (Fsp3) is 0.162. The maximum absolute atomic E-state index is 14.5. The minimum atomic E-state index is -5.02. The Morgan fingerprint density at radius 3 is 2.16 bits per heavy atom. The number of carbonyl (C=O) groups excluding carboxylic acids is 1. The number of allylic oxidation sites excluding steroid dienone is 1. The largest absolute Gasteiger partial charge is 0.489 e. The molecule has 5 aromatic rings. The van der Waals surface area contributed by atoms with Crippen LogP contribution in [0.25, 0.3) is 6.08 Å². The van der Waals surface area contributed by atoms with Crippen molar-refractivity contribution >= 4 is 35.0 Å². The van der Waals surface area contributed by atoms with Crippen LogP contribution in [-0.4, -0.2) is 23.3 Å². The van der Waals surface area contributed by atoms with Crippen LogP contribution in [0.5, 0.6) is 11.5 Å². The van der Waals surface area contributed by atoms with Crippen LogP contribution < -0.4 is 24.4 Å². The third kappa shape index (κ3) is 7.63. The van der Waals surface area contributed by atoms with Crippen molar-refractivity contribution in [3.8, 4) is 11.5 Å². The maximum atomic E-state index is 14.5. The lowest BCUT2D eigenvalue weighted by Crippen LogP contribution is -2.41. The topological polar surface area (TPSA) is 79.1 Å². The van der Waals surface area contributed by atoms with Crippen molar-refractivity contribution in [2.45, 2.75) is 32.4 Å². The molecule has 0 fully saturated rings. The number of benzene rings is 4. The Morgan fingerprint density at radius 1 is 0.918 bits per heavy atom. The van der Waals surface area contributed by atoms with Gasteiger partial charge in [-0.25, -0.2) is 9.79 Å². The first-order valence-electron chi connectivity index (χ1n) is 15.2. The van der Waals surface area contributed by atoms with E-state index in [0.29, 0.717) is 28.7 Å². The number of thiazole rings is 1. The van der Waals surface area contributed by atoms with Crippen molar-refractivity contribution in [3.05, 3.63) is 161 Å². The molecule has 0 amide bonds. The van der Waals surface area contributed by atoms with Gasteiger partial charge in [-0.2, -0.15) is 13.2 Å². The number of hydrogen-bond donors (Lipinski definition) is 0. The number of fused-ring (bicyclic) bond motifs is 1. The predicted molar refractivity (Wildman–Crippen MR) is 180 cm³/mol. The summed E-state index contributed by atoms with van der Waals surface area (Å²) in [6, 6.07) is 28.6. The molecule has 0 saturated carbocycles. The molecule has 0 radical (unpaired) electrons. The highest BCUT2D eigenvalue weighted by Crippen LogP contribution is 2.38. The summed E-state index contributed by atoms with van der Waals surface area (Å²) in [5.74, 6) is -0.324. The average molecular weight is 705 g/mol. The Kier molecular flexibility index (Phi) is 10.0. The molecular weight excluding hydrogens is 677 g/mol. The first kappa shape index (κ1) is 33.8. The second-order valence-electron chi connectivity index (χ2n) is 10.9. The summed E-state index contributed by atoms with van der Waals surface area (Å²) in [5, 5.41) is 0.327. The van der Waals surface area contributed by atoms with E-state index in [1.54, 1.807) is 18.2 Å². The molecule has 49 heavy (non-hydrogen) atoms. The van der Waals surface area contributed by atoms with Crippen molar-refractivity contribution in [2.24, 2.45) is 4.99 Å². The zero-order valence-corrected chi connectivity index (χ0v) is 27.5. The standard InChI is InChI=1S/C37H28ClF3N2O5S/c1-2-46-35(45)31-32(25-13-16-27(38)17-14-25)43-34(44)30(49-36(43)42-33(31)37(39,40)41)19-26-15-18-28(47-21-23-9-5-3-6-10-23)20-29(26)48-22-24-11-7-4-8-12-24/h3-20,32H,2,21-22H2,1H3/b30-19+/t32-/m0/s1. The summed E-state index contributed by atoms with van der Waals surface area (Å²) >= 11 is 6.84. The summed E-state index contributed by atoms with van der Waals surface area (Å²) < 4.78 is 61.9. The highest BCUT2D eigenvalue weighted by Gasteiger charge is 2.45. The zero-order chi connectivity index (χ0) is 34.5. The van der Waals surface area contributed by atoms with Crippen molar-refractivity contribution in [3.63, 3.8) is 0 Å². The number of ether oxygens (including phenoxy) is 3. The van der Waals surface area contributed by atoms with E-state index in [0.717, 1.165) is 27.0 Å². The number of nitrogens with zero attached hydrogens (tertiary/aromatic N) is 2. The molecule has 7 nitrogen and oxygen atoms in total. The highest BCUT2D eigenvalue weighted by molar-refractivity contribution is 7.07. The van der Waals surface area contributed by atoms with E-state index < -0.39 is 35.0 Å². The molecule has 0 saturated heterocycles. The van der Waals surface area contributed by atoms with Crippen molar-refractivity contribution in [2.75, 3.05) is 6.61 Å². The Bertz CT molecular complexity index is 2180. The van der Waals surface area contributed by atoms with Gasteiger partial charge in [0.1, 0.15) is 24.7 Å². The van der Waals surface area contributed by atoms with Crippen molar-refractivity contribution in [1.29, 1.82) is 0 Å². The van der Waals surface area contributed by atoms with E-state index in [-0.39, 0.29) is 28.1 Å². The van der Waals surface area contributed by atoms with Gasteiger partial charge in [0.25, 0.3) is 5.56 Å². The van der Waals surface area contributed by atoms with Crippen LogP contribution in [0.4, 0.5) is 13.2 Å². The van der Waals surface area contributed by atoms with E-state index in [1.165, 1.54) is 37.3 Å². The third-order valence-corrected chi connectivity index (χ3v) is 8.77. The monoisotopic (exact) mass is 704 g/mol. The van der Waals surface area contributed by atoms with Gasteiger partial charge in [-0.15, -0.1) is 0 Å². The summed E-state index contributed by atoms with van der Waals surface area (Å²) in [6.45, 7) is 1.82. The molecule has 0 N–H and O–H groups in total. The van der Waals surface area contributed by atoms with E-state index in [9.17, 15) is 22.8 Å². The number of carbonyl (C=O) groups is 1. The van der Waals surface area contributed by atoms with E-state index in [2.05, 4.69) is 4.99 Å². The number of alkyl halides is 3. The number of hydrogen-bond acceptors (Lipinski definition) is 7. The Hall–Kier alpha value is -5.13. The van der Waals surface area contributed by atoms with Crippen LogP contribution in [0, 0.1) is 0 Å². The minimum absolute atomic E-state index is 0.0758. The molecule has 0 aliphatic carbocycles. The quantitative estimate of drug-likeness (QED) is 0.144. The van der Waals surface area contributed by atoms with E-state index in [4.69, 9.17) is 25.8 Å². The summed E-state index contributed by atoms with van der Waals surface area (Å²) in [5.41, 5.74) is -0.286. The molecule has 0 spiro atoms. The molecule has 12 heteroatoms. The average Bonchev–Trinajstić information content (AvgIpc) is 3.41. The zero-order valence-electron chi connectivity index (χ0n) is 25.9. The van der Waals surface area contributed by atoms with Crippen LogP contribution >= 0.6 is 22.9 Å². The maximum Gasteiger partial charge on any atom is 0.434 e. The SMILES string of the molecule is CCOC(=O)C1=C(C(F)(F)F)N=c2s/c(=C/c3ccc(OCc4ccccc4)cc3OCc3ccccc3)c(=O)n2[C@H]1c1ccc(Cl)cc1. The van der Waals surface area contributed by atoms with Gasteiger partial charge in [-0.3, -0.25) is 9.36 Å². The second kappa shape index (κ2) is 14.6. The number of halogens is 4. The highest BCUT2D eigenvalue weighted by atomic mass is 35.5. The van der Waals surface area contributed by atoms with Crippen molar-refractivity contribution < 1.29 is 32.2 Å². The van der Waals surface area contributed by atoms with E-state index >= 15 is 0 Å². The van der Waals surface area contributed by atoms with Gasteiger partial charge in [-0.1, -0.05) is 95.7 Å². The Morgan fingerprint density at radius 2 is 1.55 bits per heavy atom. The Balaban J connectivity index is 1.47. The molecule has 250 valence electrons. The van der Waals surface area contributed by atoms with Gasteiger partial charge in [0.15, 0.2) is 10.5 Å². The molecule has 0 unspecified atom stereocenters. The van der Waals surface area contributed by atoms with Crippen LogP contribution in [0.15, 0.2) is 124 Å². The normalized spacial score (nSPS) is 14.6. The lowest BCUT2D eigenvalue weighted by Gasteiger charge is -2.26. The van der Waals surface area contributed by atoms with Gasteiger partial charge in [0, 0.05) is 16.7 Å². The van der Waals surface area contributed by atoms with E-state index in [1.807, 2.05) is 60.7 Å². The fourth-order valence-corrected chi connectivity index (χ4v) is 6.38. The lowest BCUT2D eigenvalue weighted by atomic mass is 9.95. The molecule has 6 rings (SSSR count). The minimum Gasteiger partial charge on any atom is -0.489 e. The van der Waals surface area contributed by atoms with Gasteiger partial charge in [0.2, 0.25) is 0 Å². The summed E-state index contributed by atoms with van der Waals surface area (Å²) in [4.78, 5) is 30.8. The molecule has 4 aromatic carbocycles. The van der Waals surface area contributed by atoms with Gasteiger partial charge < -0.3 is 14.2 Å². The summed E-state index contributed by atoms with van der Waals surface area (Å²) in [6.07, 6.45) is -3.48. The number of rotatable bonds is 10. The molecule has 2 heterocycles. The van der Waals surface area contributed by atoms with Gasteiger partial charge in [-0.05, 0) is 54.0 Å². The second-order valence-corrected chi connectivity index (χ2v) is 12.3. The molecule has 1 aliphatic rings. The first-order chi connectivity index (χ1) is 23.6. The molecule has 0 bridgehead atoms. The van der Waals surface area contributed by atoms with Crippen LogP contribution in [0.3, 0.4) is 0 Å². The van der Waals surface area contributed by atoms with Crippen LogP contribution in [0.1, 0.15) is 35.2 Å². The Labute approximate surface area is 287 Å². The van der Waals surface area contributed by atoms with Gasteiger partial charge in [0.05, 0.1) is 22.8 Å². The summed E-state index contributed by atoms with van der Waals surface area (Å²) in [7, 11) is 0. The molecular formula is C37H28ClF3N2O5S. The predicted octanol–water partition coefficient (Wildman–Crippen LogP) is 7.15. The molecule has 1 atom stereocenters. The number of aromatic nitrogens is 1. The molecule has 1 aromatic heterocycles. The third-order valence-electron chi connectivity index (χ3n) is 7.54. The fourth-order valence-electron chi connectivity index (χ4n) is 5.27. The van der Waals surface area contributed by atoms with Crippen molar-refractivity contribution in [1.82, 2.24) is 4.57 Å². The first-order valence-corrected chi connectivity index (χ1v) is 16.3. The van der Waals surface area contributed by atoms with Crippen LogP contribution in [0.2, 0.25) is 5.02 Å².